The number of rotatable bonds is 6. The van der Waals surface area contributed by atoms with Crippen molar-refractivity contribution >= 4 is 28.9 Å². The first-order chi connectivity index (χ1) is 13.0. The van der Waals surface area contributed by atoms with Crippen LogP contribution in [0.15, 0.2) is 30.3 Å². The Kier molecular flexibility index (Phi) is 6.39. The van der Waals surface area contributed by atoms with E-state index in [1.54, 1.807) is 0 Å². The number of anilines is 1. The number of halogens is 6. The minimum atomic E-state index is -4.74. The summed E-state index contributed by atoms with van der Waals surface area (Å²) >= 11 is 5.66. The number of carbonyl (C=O) groups is 1. The standard InChI is InChI=1S/C16H11ClF5N3O3/c17-10-7-12(19)11(18)6-9(10)15(26)24-4-3-23-13-2-1-8(16(20,21)22)5-14(13)25(27)28/h1-2,5-7,23H,3-4H2,(H,24,26). The molecule has 0 atom stereocenters. The van der Waals surface area contributed by atoms with Crippen LogP contribution in [0.5, 0.6) is 0 Å². The maximum atomic E-state index is 13.2. The van der Waals surface area contributed by atoms with Gasteiger partial charge in [0.25, 0.3) is 11.6 Å². The van der Waals surface area contributed by atoms with Gasteiger partial charge in [0.1, 0.15) is 5.69 Å². The van der Waals surface area contributed by atoms with Gasteiger partial charge in [-0.25, -0.2) is 8.78 Å². The number of nitro groups is 1. The molecule has 0 radical (unpaired) electrons. The van der Waals surface area contributed by atoms with Crippen LogP contribution in [0.2, 0.25) is 5.02 Å². The second-order valence-corrected chi connectivity index (χ2v) is 5.82. The number of amides is 1. The Morgan fingerprint density at radius 3 is 2.36 bits per heavy atom. The molecule has 0 aliphatic rings. The summed E-state index contributed by atoms with van der Waals surface area (Å²) < 4.78 is 64.2. The maximum Gasteiger partial charge on any atom is 0.416 e. The lowest BCUT2D eigenvalue weighted by Gasteiger charge is -2.11. The monoisotopic (exact) mass is 423 g/mol. The van der Waals surface area contributed by atoms with E-state index in [0.717, 1.165) is 6.07 Å². The zero-order valence-corrected chi connectivity index (χ0v) is 14.5. The first-order valence-corrected chi connectivity index (χ1v) is 7.90. The molecule has 0 saturated carbocycles. The molecular weight excluding hydrogens is 413 g/mol. The summed E-state index contributed by atoms with van der Waals surface area (Å²) in [6.45, 7) is -0.231. The molecule has 2 aromatic carbocycles. The summed E-state index contributed by atoms with van der Waals surface area (Å²) in [5.74, 6) is -3.32. The number of carbonyl (C=O) groups excluding carboxylic acids is 1. The fourth-order valence-electron chi connectivity index (χ4n) is 2.17. The number of nitro benzene ring substituents is 1. The van der Waals surface area contributed by atoms with Crippen LogP contribution < -0.4 is 10.6 Å². The van der Waals surface area contributed by atoms with Gasteiger partial charge in [0, 0.05) is 19.2 Å². The van der Waals surface area contributed by atoms with Gasteiger partial charge in [-0.05, 0) is 24.3 Å². The molecule has 12 heteroatoms. The average molecular weight is 424 g/mol. The molecule has 0 heterocycles. The Bertz CT molecular complexity index is 921. The average Bonchev–Trinajstić information content (AvgIpc) is 2.60. The lowest BCUT2D eigenvalue weighted by molar-refractivity contribution is -0.384. The molecule has 0 fully saturated rings. The minimum Gasteiger partial charge on any atom is -0.378 e. The first kappa shape index (κ1) is 21.4. The van der Waals surface area contributed by atoms with Crippen LogP contribution in [-0.4, -0.2) is 23.9 Å². The third-order valence-corrected chi connectivity index (χ3v) is 3.82. The molecule has 6 nitrogen and oxygen atoms in total. The van der Waals surface area contributed by atoms with Gasteiger partial charge in [0.05, 0.1) is 21.1 Å². The number of nitrogens with zero attached hydrogens (tertiary/aromatic N) is 1. The topological polar surface area (TPSA) is 84.3 Å². The summed E-state index contributed by atoms with van der Waals surface area (Å²) in [7, 11) is 0. The summed E-state index contributed by atoms with van der Waals surface area (Å²) in [4.78, 5) is 21.9. The Morgan fingerprint density at radius 1 is 1.11 bits per heavy atom. The highest BCUT2D eigenvalue weighted by molar-refractivity contribution is 6.33. The van der Waals surface area contributed by atoms with E-state index in [1.165, 1.54) is 0 Å². The number of benzene rings is 2. The fourth-order valence-corrected chi connectivity index (χ4v) is 2.41. The highest BCUT2D eigenvalue weighted by Crippen LogP contribution is 2.34. The van der Waals surface area contributed by atoms with E-state index in [0.29, 0.717) is 24.3 Å². The van der Waals surface area contributed by atoms with Crippen molar-refractivity contribution < 1.29 is 31.7 Å². The van der Waals surface area contributed by atoms with E-state index in [9.17, 15) is 36.9 Å². The fraction of sp³-hybridized carbons (Fsp3) is 0.188. The highest BCUT2D eigenvalue weighted by Gasteiger charge is 2.33. The van der Waals surface area contributed by atoms with E-state index in [2.05, 4.69) is 10.6 Å². The molecule has 150 valence electrons. The van der Waals surface area contributed by atoms with E-state index < -0.39 is 39.9 Å². The summed E-state index contributed by atoms with van der Waals surface area (Å²) in [5.41, 5.74) is -2.46. The van der Waals surface area contributed by atoms with E-state index >= 15 is 0 Å². The van der Waals surface area contributed by atoms with E-state index in [4.69, 9.17) is 11.6 Å². The largest absolute Gasteiger partial charge is 0.416 e. The van der Waals surface area contributed by atoms with Crippen LogP contribution in [-0.2, 0) is 6.18 Å². The molecule has 2 rings (SSSR count). The molecule has 1 amide bonds. The molecular formula is C16H11ClF5N3O3. The molecule has 2 N–H and O–H groups in total. The molecule has 2 aromatic rings. The Labute approximate surface area is 159 Å². The van der Waals surface area contributed by atoms with Crippen LogP contribution in [0.25, 0.3) is 0 Å². The first-order valence-electron chi connectivity index (χ1n) is 7.53. The second kappa shape index (κ2) is 8.38. The van der Waals surface area contributed by atoms with Gasteiger partial charge in [0.15, 0.2) is 11.6 Å². The predicted molar refractivity (Wildman–Crippen MR) is 90.3 cm³/mol. The zero-order chi connectivity index (χ0) is 21.1. The third-order valence-electron chi connectivity index (χ3n) is 3.50. The lowest BCUT2D eigenvalue weighted by atomic mass is 10.1. The van der Waals surface area contributed by atoms with Crippen molar-refractivity contribution in [1.29, 1.82) is 0 Å². The van der Waals surface area contributed by atoms with Crippen molar-refractivity contribution in [2.45, 2.75) is 6.18 Å². The van der Waals surface area contributed by atoms with Gasteiger partial charge in [-0.1, -0.05) is 11.6 Å². The third kappa shape index (κ3) is 5.06. The number of hydrogen-bond acceptors (Lipinski definition) is 4. The summed E-state index contributed by atoms with van der Waals surface area (Å²) in [6.07, 6.45) is -4.74. The van der Waals surface area contributed by atoms with Gasteiger partial charge < -0.3 is 10.6 Å². The van der Waals surface area contributed by atoms with E-state index in [1.807, 2.05) is 0 Å². The Balaban J connectivity index is 2.01. The van der Waals surface area contributed by atoms with Crippen LogP contribution in [0.1, 0.15) is 15.9 Å². The highest BCUT2D eigenvalue weighted by atomic mass is 35.5. The molecule has 0 aliphatic carbocycles. The van der Waals surface area contributed by atoms with Gasteiger partial charge in [-0.2, -0.15) is 13.2 Å². The maximum absolute atomic E-state index is 13.2. The van der Waals surface area contributed by atoms with Crippen LogP contribution in [0.4, 0.5) is 33.3 Å². The summed E-state index contributed by atoms with van der Waals surface area (Å²) in [5, 5.41) is 15.5. The smallest absolute Gasteiger partial charge is 0.378 e. The van der Waals surface area contributed by atoms with Gasteiger partial charge in [0.2, 0.25) is 0 Å². The van der Waals surface area contributed by atoms with Crippen LogP contribution in [0, 0.1) is 21.7 Å². The van der Waals surface area contributed by atoms with Gasteiger partial charge in [-0.3, -0.25) is 14.9 Å². The normalized spacial score (nSPS) is 11.2. The van der Waals surface area contributed by atoms with Gasteiger partial charge >= 0.3 is 6.18 Å². The summed E-state index contributed by atoms with van der Waals surface area (Å²) in [6, 6.07) is 3.21. The van der Waals surface area contributed by atoms with Crippen molar-refractivity contribution in [2.75, 3.05) is 18.4 Å². The van der Waals surface area contributed by atoms with Crippen molar-refractivity contribution in [1.82, 2.24) is 5.32 Å². The molecule has 0 spiro atoms. The molecule has 28 heavy (non-hydrogen) atoms. The van der Waals surface area contributed by atoms with E-state index in [-0.39, 0.29) is 29.4 Å². The second-order valence-electron chi connectivity index (χ2n) is 5.42. The van der Waals surface area contributed by atoms with Crippen molar-refractivity contribution in [3.63, 3.8) is 0 Å². The molecule has 0 bridgehead atoms. The molecule has 0 aromatic heterocycles. The zero-order valence-electron chi connectivity index (χ0n) is 13.7. The Hall–Kier alpha value is -2.95. The molecule has 0 unspecified atom stereocenters. The number of alkyl halides is 3. The van der Waals surface area contributed by atoms with Crippen molar-refractivity contribution in [3.05, 3.63) is 68.2 Å². The number of hydrogen-bond donors (Lipinski definition) is 2. The molecule has 0 saturated heterocycles. The van der Waals surface area contributed by atoms with Crippen LogP contribution >= 0.6 is 11.6 Å². The van der Waals surface area contributed by atoms with Crippen molar-refractivity contribution in [3.8, 4) is 0 Å². The van der Waals surface area contributed by atoms with Gasteiger partial charge in [-0.15, -0.1) is 0 Å². The molecule has 0 aliphatic heterocycles. The SMILES string of the molecule is O=C(NCCNc1ccc(C(F)(F)F)cc1[N+](=O)[O-])c1cc(F)c(F)cc1Cl. The number of nitrogens with one attached hydrogen (secondary N) is 2. The quantitative estimate of drug-likeness (QED) is 0.237. The van der Waals surface area contributed by atoms with Crippen LogP contribution in [0.3, 0.4) is 0 Å². The minimum absolute atomic E-state index is 0.0980. The lowest BCUT2D eigenvalue weighted by Crippen LogP contribution is -2.29. The predicted octanol–water partition coefficient (Wildman–Crippen LogP) is 4.39. The Morgan fingerprint density at radius 2 is 1.75 bits per heavy atom. The van der Waals surface area contributed by atoms with Crippen molar-refractivity contribution in [2.24, 2.45) is 0 Å².